The van der Waals surface area contributed by atoms with Crippen molar-refractivity contribution in [2.75, 3.05) is 25.4 Å². The highest BCUT2D eigenvalue weighted by atomic mass is 16.3. The van der Waals surface area contributed by atoms with Crippen LogP contribution in [0, 0.1) is 0 Å². The number of carbonyl (C=O) groups excluding carboxylic acids is 2. The molecule has 1 aromatic carbocycles. The van der Waals surface area contributed by atoms with E-state index in [1.165, 1.54) is 0 Å². The van der Waals surface area contributed by atoms with E-state index >= 15 is 0 Å². The summed E-state index contributed by atoms with van der Waals surface area (Å²) in [6.45, 7) is 0.457. The second-order valence-corrected chi connectivity index (χ2v) is 4.33. The maximum atomic E-state index is 11.2. The summed E-state index contributed by atoms with van der Waals surface area (Å²) in [6, 6.07) is 6.92. The number of aliphatic hydroxyl groups is 1. The predicted molar refractivity (Wildman–Crippen MR) is 65.4 cm³/mol. The van der Waals surface area contributed by atoms with Crippen LogP contribution in [0.5, 0.6) is 0 Å². The van der Waals surface area contributed by atoms with E-state index in [2.05, 4.69) is 5.32 Å². The fraction of sp³-hybridized carbons (Fsp3) is 0.333. The normalized spacial score (nSPS) is 18.5. The van der Waals surface area contributed by atoms with Gasteiger partial charge in [-0.15, -0.1) is 0 Å². The average molecular weight is 249 g/mol. The van der Waals surface area contributed by atoms with E-state index in [9.17, 15) is 14.7 Å². The second-order valence-electron chi connectivity index (χ2n) is 4.33. The van der Waals surface area contributed by atoms with Crippen molar-refractivity contribution in [2.24, 2.45) is 0 Å². The number of hydrogen-bond acceptors (Lipinski definition) is 5. The number of piperazine rings is 1. The van der Waals surface area contributed by atoms with Crippen molar-refractivity contribution < 1.29 is 14.7 Å². The van der Waals surface area contributed by atoms with Crippen molar-refractivity contribution in [2.45, 2.75) is 6.10 Å². The number of β-amino-alcohol motifs (C(OH)–C–C–N with tert-alkyl or cyclic N) is 1. The Balaban J connectivity index is 2.00. The maximum Gasteiger partial charge on any atom is 0.240 e. The molecule has 0 bridgehead atoms. The van der Waals surface area contributed by atoms with E-state index < -0.39 is 6.10 Å². The quantitative estimate of drug-likeness (QED) is 0.484. The lowest BCUT2D eigenvalue weighted by molar-refractivity contribution is -0.136. The Bertz CT molecular complexity index is 459. The zero-order chi connectivity index (χ0) is 13.1. The molecule has 1 unspecified atom stereocenters. The van der Waals surface area contributed by atoms with E-state index in [1.807, 2.05) is 0 Å². The molecule has 2 rings (SSSR count). The van der Waals surface area contributed by atoms with Gasteiger partial charge in [-0.05, 0) is 17.7 Å². The molecule has 0 spiro atoms. The van der Waals surface area contributed by atoms with Crippen molar-refractivity contribution in [3.05, 3.63) is 29.8 Å². The number of aliphatic hydroxyl groups excluding tert-OH is 1. The summed E-state index contributed by atoms with van der Waals surface area (Å²) in [7, 11) is 0. The van der Waals surface area contributed by atoms with Gasteiger partial charge in [0.2, 0.25) is 11.8 Å². The SMILES string of the molecule is Nc1cccc(C(O)CN2CC(=O)NC(=O)C2)c1. The van der Waals surface area contributed by atoms with Crippen LogP contribution in [0.15, 0.2) is 24.3 Å². The van der Waals surface area contributed by atoms with Crippen LogP contribution >= 0.6 is 0 Å². The molecular formula is C12H15N3O3. The fourth-order valence-corrected chi connectivity index (χ4v) is 1.94. The lowest BCUT2D eigenvalue weighted by Crippen LogP contribution is -2.52. The van der Waals surface area contributed by atoms with Gasteiger partial charge in [0.15, 0.2) is 0 Å². The zero-order valence-corrected chi connectivity index (χ0v) is 9.80. The molecule has 1 aliphatic heterocycles. The molecule has 0 aliphatic carbocycles. The molecule has 18 heavy (non-hydrogen) atoms. The van der Waals surface area contributed by atoms with Crippen LogP contribution in [0.2, 0.25) is 0 Å². The third-order valence-corrected chi connectivity index (χ3v) is 2.74. The van der Waals surface area contributed by atoms with Crippen LogP contribution in [-0.4, -0.2) is 41.5 Å². The number of nitrogens with zero attached hydrogens (tertiary/aromatic N) is 1. The minimum absolute atomic E-state index is 0.116. The molecule has 0 radical (unpaired) electrons. The van der Waals surface area contributed by atoms with Gasteiger partial charge in [0.1, 0.15) is 0 Å². The molecule has 96 valence electrons. The summed E-state index contributed by atoms with van der Waals surface area (Å²) >= 11 is 0. The van der Waals surface area contributed by atoms with Gasteiger partial charge in [0, 0.05) is 12.2 Å². The first-order chi connectivity index (χ1) is 8.54. The largest absolute Gasteiger partial charge is 0.399 e. The molecule has 0 aromatic heterocycles. The van der Waals surface area contributed by atoms with Gasteiger partial charge in [-0.1, -0.05) is 12.1 Å². The lowest BCUT2D eigenvalue weighted by atomic mass is 10.1. The first kappa shape index (κ1) is 12.5. The van der Waals surface area contributed by atoms with Crippen molar-refractivity contribution in [3.8, 4) is 0 Å². The molecule has 6 heteroatoms. The summed E-state index contributed by atoms with van der Waals surface area (Å²) < 4.78 is 0. The summed E-state index contributed by atoms with van der Waals surface area (Å²) in [4.78, 5) is 24.0. The number of benzene rings is 1. The van der Waals surface area contributed by atoms with Crippen LogP contribution in [0.1, 0.15) is 11.7 Å². The fourth-order valence-electron chi connectivity index (χ4n) is 1.94. The first-order valence-corrected chi connectivity index (χ1v) is 5.63. The van der Waals surface area contributed by atoms with Crippen LogP contribution < -0.4 is 11.1 Å². The standard InChI is InChI=1S/C12H15N3O3/c13-9-3-1-2-8(4-9)10(16)5-15-6-11(17)14-12(18)7-15/h1-4,10,16H,5-7,13H2,(H,14,17,18). The number of amides is 2. The van der Waals surface area contributed by atoms with E-state index in [-0.39, 0.29) is 31.4 Å². The van der Waals surface area contributed by atoms with Gasteiger partial charge >= 0.3 is 0 Å². The molecule has 2 amide bonds. The third-order valence-electron chi connectivity index (χ3n) is 2.74. The average Bonchev–Trinajstić information content (AvgIpc) is 2.27. The molecule has 4 N–H and O–H groups in total. The zero-order valence-electron chi connectivity index (χ0n) is 9.80. The number of carbonyl (C=O) groups is 2. The number of imide groups is 1. The monoisotopic (exact) mass is 249 g/mol. The van der Waals surface area contributed by atoms with Gasteiger partial charge in [-0.2, -0.15) is 0 Å². The van der Waals surface area contributed by atoms with E-state index in [0.717, 1.165) is 0 Å². The molecule has 1 atom stereocenters. The second kappa shape index (κ2) is 5.16. The number of nitrogens with two attached hydrogens (primary N) is 1. The van der Waals surface area contributed by atoms with Gasteiger partial charge in [0.25, 0.3) is 0 Å². The minimum atomic E-state index is -0.771. The molecule has 1 fully saturated rings. The molecular weight excluding hydrogens is 234 g/mol. The predicted octanol–water partition coefficient (Wildman–Crippen LogP) is -0.739. The highest BCUT2D eigenvalue weighted by Crippen LogP contribution is 2.17. The van der Waals surface area contributed by atoms with Crippen molar-refractivity contribution in [3.63, 3.8) is 0 Å². The topological polar surface area (TPSA) is 95.7 Å². The summed E-state index contributed by atoms with van der Waals surface area (Å²) in [5, 5.41) is 12.2. The van der Waals surface area contributed by atoms with Crippen LogP contribution in [0.25, 0.3) is 0 Å². The maximum absolute atomic E-state index is 11.2. The van der Waals surface area contributed by atoms with E-state index in [4.69, 9.17) is 5.73 Å². The number of rotatable bonds is 3. The van der Waals surface area contributed by atoms with Crippen LogP contribution in [0.3, 0.4) is 0 Å². The molecule has 0 saturated carbocycles. The molecule has 1 aromatic rings. The lowest BCUT2D eigenvalue weighted by Gasteiger charge is -2.27. The number of nitrogens with one attached hydrogen (secondary N) is 1. The number of nitrogen functional groups attached to an aromatic ring is 1. The van der Waals surface area contributed by atoms with Crippen LogP contribution in [0.4, 0.5) is 5.69 Å². The Morgan fingerprint density at radius 3 is 2.61 bits per heavy atom. The smallest absolute Gasteiger partial charge is 0.240 e. The third kappa shape index (κ3) is 3.06. The number of anilines is 1. The van der Waals surface area contributed by atoms with Gasteiger partial charge < -0.3 is 10.8 Å². The summed E-state index contributed by atoms with van der Waals surface area (Å²) in [6.07, 6.45) is -0.771. The number of hydrogen-bond donors (Lipinski definition) is 3. The van der Waals surface area contributed by atoms with Crippen molar-refractivity contribution in [1.82, 2.24) is 10.2 Å². The Hall–Kier alpha value is -1.92. The van der Waals surface area contributed by atoms with Gasteiger partial charge in [-0.3, -0.25) is 19.8 Å². The Kier molecular flexibility index (Phi) is 3.59. The molecule has 1 aliphatic rings. The summed E-state index contributed by atoms with van der Waals surface area (Å²) in [5.74, 6) is -0.683. The van der Waals surface area contributed by atoms with Gasteiger partial charge in [-0.25, -0.2) is 0 Å². The van der Waals surface area contributed by atoms with Gasteiger partial charge in [0.05, 0.1) is 19.2 Å². The Labute approximate surface area is 104 Å². The molecule has 1 heterocycles. The first-order valence-electron chi connectivity index (χ1n) is 5.63. The van der Waals surface area contributed by atoms with Crippen molar-refractivity contribution in [1.29, 1.82) is 0 Å². The summed E-state index contributed by atoms with van der Waals surface area (Å²) in [5.41, 5.74) is 6.87. The molecule has 6 nitrogen and oxygen atoms in total. The Morgan fingerprint density at radius 2 is 2.00 bits per heavy atom. The highest BCUT2D eigenvalue weighted by molar-refractivity contribution is 5.99. The van der Waals surface area contributed by atoms with Crippen molar-refractivity contribution >= 4 is 17.5 Å². The minimum Gasteiger partial charge on any atom is -0.399 e. The van der Waals surface area contributed by atoms with E-state index in [0.29, 0.717) is 11.3 Å². The van der Waals surface area contributed by atoms with E-state index in [1.54, 1.807) is 29.2 Å². The van der Waals surface area contributed by atoms with Crippen LogP contribution in [-0.2, 0) is 9.59 Å². The molecule has 1 saturated heterocycles. The Morgan fingerprint density at radius 1 is 1.33 bits per heavy atom. The highest BCUT2D eigenvalue weighted by Gasteiger charge is 2.24.